The molecule has 1 rings (SSSR count). The average Bonchev–Trinajstić information content (AvgIpc) is 2.50. The Kier molecular flexibility index (Phi) is 8.50. The van der Waals surface area contributed by atoms with Gasteiger partial charge in [-0.05, 0) is 24.3 Å². The summed E-state index contributed by atoms with van der Waals surface area (Å²) in [5, 5.41) is 9.11. The minimum absolute atomic E-state index is 0.453. The summed E-state index contributed by atoms with van der Waals surface area (Å²) in [7, 11) is 0. The average molecular weight is 287 g/mol. The topological polar surface area (TPSA) is 62.7 Å². The van der Waals surface area contributed by atoms with E-state index >= 15 is 0 Å². The molecule has 0 aromatic carbocycles. The number of anilines is 1. The second kappa shape index (κ2) is 10.2. The first-order valence-electron chi connectivity index (χ1n) is 8.38. The number of hydrogen-bond acceptors (Lipinski definition) is 3. The minimum atomic E-state index is 0.453. The van der Waals surface area contributed by atoms with Crippen molar-refractivity contribution in [3.63, 3.8) is 0 Å². The standard InChI is InChI=1S/C18H29N3/c1-3-5-7-9-11-15(10-8-6-4-2)17-14-21-13-16(12-19)18(17)20/h13-15H,3-11H2,1-2H3,(H2,20,21). The Hall–Kier alpha value is -1.56. The van der Waals surface area contributed by atoms with Crippen LogP contribution in [0.15, 0.2) is 12.4 Å². The van der Waals surface area contributed by atoms with Crippen LogP contribution in [-0.4, -0.2) is 4.98 Å². The van der Waals surface area contributed by atoms with Gasteiger partial charge in [0.25, 0.3) is 0 Å². The van der Waals surface area contributed by atoms with Gasteiger partial charge in [0, 0.05) is 12.4 Å². The van der Waals surface area contributed by atoms with Crippen molar-refractivity contribution in [1.82, 2.24) is 4.98 Å². The lowest BCUT2D eigenvalue weighted by Gasteiger charge is -2.19. The van der Waals surface area contributed by atoms with E-state index in [1.54, 1.807) is 6.20 Å². The molecule has 1 atom stereocenters. The van der Waals surface area contributed by atoms with Crippen molar-refractivity contribution in [3.8, 4) is 6.07 Å². The van der Waals surface area contributed by atoms with Crippen molar-refractivity contribution in [1.29, 1.82) is 5.26 Å². The van der Waals surface area contributed by atoms with Crippen LogP contribution >= 0.6 is 0 Å². The zero-order chi connectivity index (χ0) is 15.5. The fraction of sp³-hybridized carbons (Fsp3) is 0.667. The molecule has 3 heteroatoms. The van der Waals surface area contributed by atoms with E-state index in [2.05, 4.69) is 24.9 Å². The molecule has 0 saturated carbocycles. The molecule has 2 N–H and O–H groups in total. The first-order chi connectivity index (χ1) is 10.2. The Morgan fingerprint density at radius 1 is 1.05 bits per heavy atom. The van der Waals surface area contributed by atoms with Crippen molar-refractivity contribution in [2.75, 3.05) is 5.73 Å². The van der Waals surface area contributed by atoms with Gasteiger partial charge in [-0.1, -0.05) is 58.8 Å². The van der Waals surface area contributed by atoms with Gasteiger partial charge in [-0.3, -0.25) is 4.98 Å². The molecule has 0 fully saturated rings. The molecule has 21 heavy (non-hydrogen) atoms. The van der Waals surface area contributed by atoms with Crippen LogP contribution in [0.3, 0.4) is 0 Å². The molecule has 3 nitrogen and oxygen atoms in total. The third-order valence-corrected chi connectivity index (χ3v) is 4.14. The second-order valence-corrected chi connectivity index (χ2v) is 5.84. The van der Waals surface area contributed by atoms with E-state index in [0.717, 1.165) is 18.4 Å². The fourth-order valence-electron chi connectivity index (χ4n) is 2.81. The van der Waals surface area contributed by atoms with Gasteiger partial charge in [-0.2, -0.15) is 5.26 Å². The first kappa shape index (κ1) is 17.5. The summed E-state index contributed by atoms with van der Waals surface area (Å²) in [6, 6.07) is 2.15. The molecule has 0 spiro atoms. The number of nitriles is 1. The molecule has 1 unspecified atom stereocenters. The SMILES string of the molecule is CCCCCCC(CCCCC)c1cncc(C#N)c1N. The van der Waals surface area contributed by atoms with Crippen LogP contribution in [0.25, 0.3) is 0 Å². The summed E-state index contributed by atoms with van der Waals surface area (Å²) in [5.74, 6) is 0.453. The predicted molar refractivity (Wildman–Crippen MR) is 89.0 cm³/mol. The lowest BCUT2D eigenvalue weighted by Crippen LogP contribution is -2.06. The highest BCUT2D eigenvalue weighted by Crippen LogP contribution is 2.32. The third kappa shape index (κ3) is 5.75. The van der Waals surface area contributed by atoms with Crippen LogP contribution < -0.4 is 5.73 Å². The monoisotopic (exact) mass is 287 g/mol. The second-order valence-electron chi connectivity index (χ2n) is 5.84. The third-order valence-electron chi connectivity index (χ3n) is 4.14. The van der Waals surface area contributed by atoms with Crippen LogP contribution in [0, 0.1) is 11.3 Å². The van der Waals surface area contributed by atoms with Gasteiger partial charge in [-0.25, -0.2) is 0 Å². The summed E-state index contributed by atoms with van der Waals surface area (Å²) in [5.41, 5.74) is 8.41. The lowest BCUT2D eigenvalue weighted by molar-refractivity contribution is 0.501. The molecule has 1 aromatic rings. The van der Waals surface area contributed by atoms with Crippen molar-refractivity contribution >= 4 is 5.69 Å². The number of pyridine rings is 1. The van der Waals surface area contributed by atoms with Crippen LogP contribution in [0.2, 0.25) is 0 Å². The van der Waals surface area contributed by atoms with Crippen molar-refractivity contribution < 1.29 is 0 Å². The van der Waals surface area contributed by atoms with Gasteiger partial charge in [0.2, 0.25) is 0 Å². The molecule has 0 amide bonds. The van der Waals surface area contributed by atoms with Gasteiger partial charge < -0.3 is 5.73 Å². The molecular formula is C18H29N3. The van der Waals surface area contributed by atoms with Crippen LogP contribution in [0.5, 0.6) is 0 Å². The van der Waals surface area contributed by atoms with Gasteiger partial charge in [0.05, 0.1) is 11.3 Å². The zero-order valence-corrected chi connectivity index (χ0v) is 13.6. The number of unbranched alkanes of at least 4 members (excludes halogenated alkanes) is 5. The summed E-state index contributed by atoms with van der Waals surface area (Å²) in [6.45, 7) is 4.46. The number of aromatic nitrogens is 1. The summed E-state index contributed by atoms with van der Waals surface area (Å²) in [4.78, 5) is 4.21. The van der Waals surface area contributed by atoms with Gasteiger partial charge in [-0.15, -0.1) is 0 Å². The highest BCUT2D eigenvalue weighted by Gasteiger charge is 2.16. The number of rotatable bonds is 10. The molecule has 0 aliphatic carbocycles. The van der Waals surface area contributed by atoms with E-state index in [1.165, 1.54) is 44.9 Å². The predicted octanol–water partition coefficient (Wildman–Crippen LogP) is 5.17. The maximum absolute atomic E-state index is 9.11. The summed E-state index contributed by atoms with van der Waals surface area (Å²) in [6.07, 6.45) is 14.5. The lowest BCUT2D eigenvalue weighted by atomic mass is 9.87. The largest absolute Gasteiger partial charge is 0.397 e. The van der Waals surface area contributed by atoms with Crippen LogP contribution in [-0.2, 0) is 0 Å². The smallest absolute Gasteiger partial charge is 0.103 e. The van der Waals surface area contributed by atoms with Crippen molar-refractivity contribution in [2.24, 2.45) is 0 Å². The van der Waals surface area contributed by atoms with E-state index in [0.29, 0.717) is 17.2 Å². The number of nitrogen functional groups attached to an aromatic ring is 1. The summed E-state index contributed by atoms with van der Waals surface area (Å²) >= 11 is 0. The molecule has 0 bridgehead atoms. The zero-order valence-electron chi connectivity index (χ0n) is 13.6. The minimum Gasteiger partial charge on any atom is -0.397 e. The normalized spacial score (nSPS) is 12.0. The summed E-state index contributed by atoms with van der Waals surface area (Å²) < 4.78 is 0. The maximum atomic E-state index is 9.11. The molecule has 0 aliphatic rings. The Bertz CT molecular complexity index is 448. The van der Waals surface area contributed by atoms with E-state index in [9.17, 15) is 0 Å². The Morgan fingerprint density at radius 2 is 1.67 bits per heavy atom. The Morgan fingerprint density at radius 3 is 2.29 bits per heavy atom. The van der Waals surface area contributed by atoms with E-state index < -0.39 is 0 Å². The molecule has 0 radical (unpaired) electrons. The van der Waals surface area contributed by atoms with Crippen molar-refractivity contribution in [2.45, 2.75) is 77.6 Å². The quantitative estimate of drug-likeness (QED) is 0.604. The number of nitrogens with two attached hydrogens (primary N) is 1. The molecule has 116 valence electrons. The van der Waals surface area contributed by atoms with E-state index in [1.807, 2.05) is 6.20 Å². The number of nitrogens with zero attached hydrogens (tertiary/aromatic N) is 2. The number of hydrogen-bond donors (Lipinski definition) is 1. The van der Waals surface area contributed by atoms with Gasteiger partial charge >= 0.3 is 0 Å². The van der Waals surface area contributed by atoms with Gasteiger partial charge in [0.15, 0.2) is 0 Å². The molecule has 0 saturated heterocycles. The molecule has 1 aromatic heterocycles. The van der Waals surface area contributed by atoms with E-state index in [-0.39, 0.29) is 0 Å². The molecular weight excluding hydrogens is 258 g/mol. The van der Waals surface area contributed by atoms with Gasteiger partial charge in [0.1, 0.15) is 6.07 Å². The highest BCUT2D eigenvalue weighted by molar-refractivity contribution is 5.58. The Balaban J connectivity index is 2.77. The fourth-order valence-corrected chi connectivity index (χ4v) is 2.81. The highest BCUT2D eigenvalue weighted by atomic mass is 14.7. The maximum Gasteiger partial charge on any atom is 0.103 e. The van der Waals surface area contributed by atoms with Crippen LogP contribution in [0.4, 0.5) is 5.69 Å². The van der Waals surface area contributed by atoms with E-state index in [4.69, 9.17) is 11.0 Å². The van der Waals surface area contributed by atoms with Crippen LogP contribution in [0.1, 0.15) is 88.7 Å². The first-order valence-corrected chi connectivity index (χ1v) is 8.38. The van der Waals surface area contributed by atoms with Crippen molar-refractivity contribution in [3.05, 3.63) is 23.5 Å². The molecule has 1 heterocycles. The Labute approximate surface area is 129 Å². The molecule has 0 aliphatic heterocycles.